The number of hydrogen-bond donors (Lipinski definition) is 1. The summed E-state index contributed by atoms with van der Waals surface area (Å²) in [6, 6.07) is 2.63. The van der Waals surface area contributed by atoms with E-state index in [4.69, 9.17) is 4.74 Å². The third-order valence-corrected chi connectivity index (χ3v) is 4.50. The molecule has 2 aliphatic rings. The van der Waals surface area contributed by atoms with Gasteiger partial charge in [-0.2, -0.15) is 0 Å². The first-order chi connectivity index (χ1) is 8.78. The van der Waals surface area contributed by atoms with Crippen molar-refractivity contribution in [3.05, 3.63) is 28.5 Å². The molecule has 0 unspecified atom stereocenters. The number of nitrogens with one attached hydrogen (secondary N) is 1. The van der Waals surface area contributed by atoms with Crippen molar-refractivity contribution in [2.75, 3.05) is 13.7 Å². The van der Waals surface area contributed by atoms with E-state index in [0.717, 1.165) is 29.2 Å². The van der Waals surface area contributed by atoms with Crippen LogP contribution in [0.1, 0.15) is 24.8 Å². The van der Waals surface area contributed by atoms with Crippen LogP contribution in [-0.2, 0) is 0 Å². The van der Waals surface area contributed by atoms with Crippen LogP contribution in [0, 0.1) is 5.92 Å². The van der Waals surface area contributed by atoms with E-state index in [1.165, 1.54) is 24.0 Å². The smallest absolute Gasteiger partial charge is 0.152 e. The number of fused-ring (bicyclic) bond motifs is 1. The summed E-state index contributed by atoms with van der Waals surface area (Å²) in [5.41, 5.74) is 2.59. The molecule has 1 aromatic rings. The quantitative estimate of drug-likeness (QED) is 0.853. The average Bonchev–Trinajstić information content (AvgIpc) is 2.83. The Morgan fingerprint density at radius 2 is 2.39 bits per heavy atom. The molecule has 2 atom stereocenters. The molecule has 3 rings (SSSR count). The zero-order valence-electron chi connectivity index (χ0n) is 10.4. The minimum absolute atomic E-state index is 0.559. The second kappa shape index (κ2) is 5.02. The van der Waals surface area contributed by atoms with Crippen molar-refractivity contribution in [1.29, 1.82) is 0 Å². The van der Waals surface area contributed by atoms with Crippen molar-refractivity contribution in [3.63, 3.8) is 0 Å². The number of nitrogens with zero attached hydrogens (tertiary/aromatic N) is 1. The molecule has 1 saturated heterocycles. The van der Waals surface area contributed by atoms with Gasteiger partial charge in [0.25, 0.3) is 0 Å². The van der Waals surface area contributed by atoms with Crippen LogP contribution in [0.15, 0.2) is 22.9 Å². The van der Waals surface area contributed by atoms with Crippen LogP contribution in [0.4, 0.5) is 0 Å². The predicted octanol–water partition coefficient (Wildman–Crippen LogP) is 3.01. The summed E-state index contributed by atoms with van der Waals surface area (Å²) in [6.07, 6.45) is 8.08. The first kappa shape index (κ1) is 12.2. The van der Waals surface area contributed by atoms with E-state index in [1.54, 1.807) is 7.11 Å². The minimum Gasteiger partial charge on any atom is -0.494 e. The van der Waals surface area contributed by atoms with Gasteiger partial charge in [-0.25, -0.2) is 4.98 Å². The van der Waals surface area contributed by atoms with Crippen molar-refractivity contribution in [2.24, 2.45) is 5.92 Å². The topological polar surface area (TPSA) is 34.1 Å². The number of rotatable bonds is 2. The highest BCUT2D eigenvalue weighted by Gasteiger charge is 2.30. The molecule has 3 nitrogen and oxygen atoms in total. The molecule has 0 spiro atoms. The summed E-state index contributed by atoms with van der Waals surface area (Å²) in [6.45, 7) is 1.15. The molecular formula is C14H17BrN2O. The fourth-order valence-corrected chi connectivity index (χ4v) is 3.31. The van der Waals surface area contributed by atoms with Gasteiger partial charge in [0.05, 0.1) is 7.11 Å². The zero-order valence-corrected chi connectivity index (χ0v) is 12.0. The first-order valence-corrected chi connectivity index (χ1v) is 7.21. The van der Waals surface area contributed by atoms with Crippen LogP contribution in [0.3, 0.4) is 0 Å². The largest absolute Gasteiger partial charge is 0.494 e. The van der Waals surface area contributed by atoms with Crippen LogP contribution in [0.2, 0.25) is 0 Å². The Bertz CT molecular complexity index is 487. The van der Waals surface area contributed by atoms with Crippen LogP contribution < -0.4 is 10.1 Å². The molecule has 1 aliphatic carbocycles. The molecule has 4 heteroatoms. The van der Waals surface area contributed by atoms with Gasteiger partial charge < -0.3 is 10.1 Å². The average molecular weight is 309 g/mol. The fourth-order valence-electron chi connectivity index (χ4n) is 2.93. The number of allylic oxidation sites excluding steroid dienone is 1. The van der Waals surface area contributed by atoms with Crippen molar-refractivity contribution in [1.82, 2.24) is 10.3 Å². The molecule has 1 aliphatic heterocycles. The summed E-state index contributed by atoms with van der Waals surface area (Å²) in [7, 11) is 1.68. The third kappa shape index (κ3) is 2.19. The maximum Gasteiger partial charge on any atom is 0.152 e. The van der Waals surface area contributed by atoms with Gasteiger partial charge in [-0.05, 0) is 64.9 Å². The van der Waals surface area contributed by atoms with Gasteiger partial charge in [-0.1, -0.05) is 6.08 Å². The Morgan fingerprint density at radius 3 is 3.17 bits per heavy atom. The molecule has 18 heavy (non-hydrogen) atoms. The molecule has 0 amide bonds. The number of halogens is 1. The van der Waals surface area contributed by atoms with Gasteiger partial charge in [0.2, 0.25) is 0 Å². The zero-order chi connectivity index (χ0) is 12.5. The summed E-state index contributed by atoms with van der Waals surface area (Å²) in [5, 5.41) is 3.58. The van der Waals surface area contributed by atoms with Crippen molar-refractivity contribution in [2.45, 2.75) is 25.3 Å². The van der Waals surface area contributed by atoms with Gasteiger partial charge in [0, 0.05) is 12.2 Å². The highest BCUT2D eigenvalue weighted by Crippen LogP contribution is 2.38. The van der Waals surface area contributed by atoms with Gasteiger partial charge in [0.15, 0.2) is 5.75 Å². The minimum atomic E-state index is 0.559. The highest BCUT2D eigenvalue weighted by atomic mass is 79.9. The Labute approximate surface area is 116 Å². The number of piperidine rings is 1. The number of methoxy groups -OCH3 is 1. The highest BCUT2D eigenvalue weighted by molar-refractivity contribution is 9.10. The number of pyridine rings is 1. The van der Waals surface area contributed by atoms with Crippen molar-refractivity contribution < 1.29 is 4.74 Å². The molecule has 1 aromatic heterocycles. The van der Waals surface area contributed by atoms with Gasteiger partial charge >= 0.3 is 0 Å². The number of ether oxygens (including phenoxy) is 1. The number of aromatic nitrogens is 1. The normalized spacial score (nSPS) is 26.7. The maximum absolute atomic E-state index is 5.31. The van der Waals surface area contributed by atoms with Crippen LogP contribution in [0.5, 0.6) is 5.75 Å². The fraction of sp³-hybridized carbons (Fsp3) is 0.500. The summed E-state index contributed by atoms with van der Waals surface area (Å²) in [4.78, 5) is 4.34. The molecule has 2 heterocycles. The summed E-state index contributed by atoms with van der Waals surface area (Å²) in [5.74, 6) is 1.57. The Morgan fingerprint density at radius 1 is 1.50 bits per heavy atom. The van der Waals surface area contributed by atoms with E-state index in [9.17, 15) is 0 Å². The Balaban J connectivity index is 1.87. The lowest BCUT2D eigenvalue weighted by Crippen LogP contribution is -2.37. The molecule has 0 saturated carbocycles. The second-order valence-corrected chi connectivity index (χ2v) is 5.75. The lowest BCUT2D eigenvalue weighted by atomic mass is 9.92. The van der Waals surface area contributed by atoms with Crippen LogP contribution in [-0.4, -0.2) is 24.7 Å². The van der Waals surface area contributed by atoms with E-state index < -0.39 is 0 Å². The van der Waals surface area contributed by atoms with Crippen LogP contribution >= 0.6 is 15.9 Å². The molecule has 0 aromatic carbocycles. The van der Waals surface area contributed by atoms with Gasteiger partial charge in [-0.3, -0.25) is 0 Å². The molecular weight excluding hydrogens is 292 g/mol. The summed E-state index contributed by atoms with van der Waals surface area (Å²) < 4.78 is 6.08. The second-order valence-electron chi connectivity index (χ2n) is 5.00. The predicted molar refractivity (Wildman–Crippen MR) is 75.6 cm³/mol. The van der Waals surface area contributed by atoms with Gasteiger partial charge in [0.1, 0.15) is 4.60 Å². The van der Waals surface area contributed by atoms with Crippen LogP contribution in [0.25, 0.3) is 5.57 Å². The van der Waals surface area contributed by atoms with Crippen molar-refractivity contribution in [3.8, 4) is 5.75 Å². The Hall–Kier alpha value is -0.870. The summed E-state index contributed by atoms with van der Waals surface area (Å²) >= 11 is 3.39. The van der Waals surface area contributed by atoms with E-state index in [-0.39, 0.29) is 0 Å². The molecule has 1 N–H and O–H groups in total. The maximum atomic E-state index is 5.31. The SMILES string of the molecule is COc1cc(C2=C[C@H]3NCCC[C@H]3C2)cnc1Br. The van der Waals surface area contributed by atoms with Gasteiger partial charge in [-0.15, -0.1) is 0 Å². The Kier molecular flexibility index (Phi) is 3.39. The lowest BCUT2D eigenvalue weighted by Gasteiger charge is -2.25. The number of hydrogen-bond acceptors (Lipinski definition) is 3. The lowest BCUT2D eigenvalue weighted by molar-refractivity contribution is 0.341. The van der Waals surface area contributed by atoms with E-state index in [2.05, 4.69) is 38.4 Å². The van der Waals surface area contributed by atoms with E-state index in [0.29, 0.717) is 6.04 Å². The first-order valence-electron chi connectivity index (χ1n) is 6.42. The molecule has 1 fully saturated rings. The molecule has 96 valence electrons. The molecule has 0 radical (unpaired) electrons. The standard InChI is InChI=1S/C14H17BrN2O/c1-18-13-7-11(8-17-14(13)15)10-5-9-3-2-4-16-12(9)6-10/h6-9,12,16H,2-5H2,1H3/t9-,12+/m0/s1. The van der Waals surface area contributed by atoms with E-state index in [1.807, 2.05) is 6.20 Å². The molecule has 0 bridgehead atoms. The monoisotopic (exact) mass is 308 g/mol. The van der Waals surface area contributed by atoms with Crippen molar-refractivity contribution >= 4 is 21.5 Å². The third-order valence-electron chi connectivity index (χ3n) is 3.90. The van der Waals surface area contributed by atoms with E-state index >= 15 is 0 Å².